The van der Waals surface area contributed by atoms with Crippen LogP contribution >= 0.6 is 11.8 Å². The van der Waals surface area contributed by atoms with E-state index in [-0.39, 0.29) is 17.1 Å². The molecule has 1 aliphatic heterocycles. The molecule has 3 atom stereocenters. The van der Waals surface area contributed by atoms with E-state index < -0.39 is 6.29 Å². The standard InChI is InChI=1S/C20H30O3S/c1-3-4-5-7-10-16(2)23-20-19(21)13-18(14-22-20)24-15-17-11-8-6-9-12-17/h6,8-9,11-12,16,18,20H,3-5,7,10,13-15H2,1-2H3/t16-,18+,20+/m0/s1. The Hall–Kier alpha value is -0.840. The van der Waals surface area contributed by atoms with E-state index in [4.69, 9.17) is 9.47 Å². The second-order valence-electron chi connectivity index (χ2n) is 6.55. The lowest BCUT2D eigenvalue weighted by Crippen LogP contribution is -2.40. The van der Waals surface area contributed by atoms with E-state index in [1.807, 2.05) is 25.1 Å². The van der Waals surface area contributed by atoms with Crippen molar-refractivity contribution in [2.24, 2.45) is 0 Å². The van der Waals surface area contributed by atoms with Gasteiger partial charge in [-0.2, -0.15) is 11.8 Å². The van der Waals surface area contributed by atoms with E-state index in [0.717, 1.165) is 18.6 Å². The zero-order chi connectivity index (χ0) is 17.2. The summed E-state index contributed by atoms with van der Waals surface area (Å²) in [6.45, 7) is 4.84. The molecule has 1 aliphatic rings. The first-order chi connectivity index (χ1) is 11.7. The van der Waals surface area contributed by atoms with Crippen LogP contribution in [0.15, 0.2) is 30.3 Å². The van der Waals surface area contributed by atoms with Gasteiger partial charge in [0, 0.05) is 17.4 Å². The minimum Gasteiger partial charge on any atom is -0.345 e. The van der Waals surface area contributed by atoms with E-state index in [9.17, 15) is 4.79 Å². The maximum Gasteiger partial charge on any atom is 0.218 e. The minimum absolute atomic E-state index is 0.0873. The number of Topliss-reactive ketones (excluding diaryl/α,β-unsaturated/α-hetero) is 1. The van der Waals surface area contributed by atoms with Gasteiger partial charge in [0.25, 0.3) is 0 Å². The topological polar surface area (TPSA) is 35.5 Å². The molecule has 0 amide bonds. The molecule has 0 aromatic heterocycles. The van der Waals surface area contributed by atoms with Crippen LogP contribution in [0.5, 0.6) is 0 Å². The summed E-state index contributed by atoms with van der Waals surface area (Å²) in [6.07, 6.45) is 5.88. The molecule has 1 aromatic rings. The van der Waals surface area contributed by atoms with Crippen LogP contribution in [0.25, 0.3) is 0 Å². The second kappa shape index (κ2) is 10.9. The monoisotopic (exact) mass is 350 g/mol. The first kappa shape index (κ1) is 19.5. The lowest BCUT2D eigenvalue weighted by molar-refractivity contribution is -0.190. The highest BCUT2D eigenvalue weighted by atomic mass is 32.2. The number of carbonyl (C=O) groups is 1. The van der Waals surface area contributed by atoms with Crippen molar-refractivity contribution < 1.29 is 14.3 Å². The molecule has 0 N–H and O–H groups in total. The van der Waals surface area contributed by atoms with Crippen LogP contribution in [0.4, 0.5) is 0 Å². The number of carbonyl (C=O) groups excluding carboxylic acids is 1. The summed E-state index contributed by atoms with van der Waals surface area (Å²) < 4.78 is 11.5. The SMILES string of the molecule is CCCCCC[C@H](C)O[C@H]1OC[C@H](SCc2ccccc2)CC1=O. The van der Waals surface area contributed by atoms with Crippen molar-refractivity contribution in [3.63, 3.8) is 0 Å². The molecule has 0 radical (unpaired) electrons. The van der Waals surface area contributed by atoms with Gasteiger partial charge in [0.15, 0.2) is 5.78 Å². The highest BCUT2D eigenvalue weighted by Crippen LogP contribution is 2.26. The first-order valence-electron chi connectivity index (χ1n) is 9.14. The van der Waals surface area contributed by atoms with Gasteiger partial charge in [-0.25, -0.2) is 0 Å². The summed E-state index contributed by atoms with van der Waals surface area (Å²) in [5, 5.41) is 0.234. The zero-order valence-electron chi connectivity index (χ0n) is 14.9. The van der Waals surface area contributed by atoms with Crippen molar-refractivity contribution in [1.29, 1.82) is 0 Å². The van der Waals surface area contributed by atoms with Gasteiger partial charge in [0.2, 0.25) is 6.29 Å². The molecular formula is C20H30O3S. The van der Waals surface area contributed by atoms with Gasteiger partial charge in [0.1, 0.15) is 0 Å². The Morgan fingerprint density at radius 1 is 1.25 bits per heavy atom. The molecule has 0 unspecified atom stereocenters. The van der Waals surface area contributed by atoms with Gasteiger partial charge in [-0.05, 0) is 18.9 Å². The van der Waals surface area contributed by atoms with Crippen molar-refractivity contribution in [2.75, 3.05) is 6.61 Å². The molecular weight excluding hydrogens is 320 g/mol. The molecule has 3 nitrogen and oxygen atoms in total. The molecule has 0 aliphatic carbocycles. The molecule has 1 saturated heterocycles. The maximum absolute atomic E-state index is 12.3. The van der Waals surface area contributed by atoms with E-state index in [2.05, 4.69) is 19.1 Å². The predicted molar refractivity (Wildman–Crippen MR) is 100 cm³/mol. The Morgan fingerprint density at radius 3 is 2.75 bits per heavy atom. The second-order valence-corrected chi connectivity index (χ2v) is 7.84. The Balaban J connectivity index is 1.66. The summed E-state index contributed by atoms with van der Waals surface area (Å²) in [5.41, 5.74) is 1.29. The summed E-state index contributed by atoms with van der Waals surface area (Å²) in [7, 11) is 0. The fourth-order valence-electron chi connectivity index (χ4n) is 2.82. The lowest BCUT2D eigenvalue weighted by Gasteiger charge is -2.29. The van der Waals surface area contributed by atoms with Crippen LogP contribution in [-0.4, -0.2) is 30.0 Å². The Kier molecular flexibility index (Phi) is 8.86. The van der Waals surface area contributed by atoms with Crippen LogP contribution in [0.1, 0.15) is 57.9 Å². The number of ketones is 1. The predicted octanol–water partition coefficient (Wildman–Crippen LogP) is 4.98. The summed E-state index contributed by atoms with van der Waals surface area (Å²) >= 11 is 1.79. The lowest BCUT2D eigenvalue weighted by atomic mass is 10.1. The molecule has 2 rings (SSSR count). The normalized spacial score (nSPS) is 22.5. The number of thioether (sulfide) groups is 1. The molecule has 134 valence electrons. The Labute approximate surface area is 150 Å². The van der Waals surface area contributed by atoms with Crippen LogP contribution in [0.2, 0.25) is 0 Å². The van der Waals surface area contributed by atoms with Crippen molar-refractivity contribution in [1.82, 2.24) is 0 Å². The van der Waals surface area contributed by atoms with Crippen LogP contribution in [0, 0.1) is 0 Å². The van der Waals surface area contributed by atoms with Gasteiger partial charge in [0.05, 0.1) is 12.7 Å². The Bertz CT molecular complexity index is 477. The van der Waals surface area contributed by atoms with E-state index in [1.165, 1.54) is 24.8 Å². The van der Waals surface area contributed by atoms with Gasteiger partial charge >= 0.3 is 0 Å². The maximum atomic E-state index is 12.3. The number of benzene rings is 1. The minimum atomic E-state index is -0.653. The molecule has 0 spiro atoms. The third-order valence-electron chi connectivity index (χ3n) is 4.27. The molecule has 0 saturated carbocycles. The number of hydrogen-bond acceptors (Lipinski definition) is 4. The first-order valence-corrected chi connectivity index (χ1v) is 10.2. The average Bonchev–Trinajstić information content (AvgIpc) is 2.60. The van der Waals surface area contributed by atoms with Gasteiger partial charge in [-0.15, -0.1) is 0 Å². The fraction of sp³-hybridized carbons (Fsp3) is 0.650. The van der Waals surface area contributed by atoms with Crippen molar-refractivity contribution in [2.45, 2.75) is 75.8 Å². The molecule has 24 heavy (non-hydrogen) atoms. The molecule has 1 aromatic carbocycles. The number of rotatable bonds is 10. The van der Waals surface area contributed by atoms with Crippen LogP contribution < -0.4 is 0 Å². The van der Waals surface area contributed by atoms with Gasteiger partial charge in [-0.3, -0.25) is 4.79 Å². The molecule has 4 heteroatoms. The molecule has 0 bridgehead atoms. The highest BCUT2D eigenvalue weighted by molar-refractivity contribution is 7.99. The fourth-order valence-corrected chi connectivity index (χ4v) is 3.89. The molecule has 1 fully saturated rings. The summed E-state index contributed by atoms with van der Waals surface area (Å²) in [4.78, 5) is 12.3. The summed E-state index contributed by atoms with van der Waals surface area (Å²) in [6, 6.07) is 10.3. The van der Waals surface area contributed by atoms with Crippen molar-refractivity contribution in [3.05, 3.63) is 35.9 Å². The highest BCUT2D eigenvalue weighted by Gasteiger charge is 2.31. The number of ether oxygens (including phenoxy) is 2. The quantitative estimate of drug-likeness (QED) is 0.558. The van der Waals surface area contributed by atoms with Gasteiger partial charge in [-0.1, -0.05) is 62.9 Å². The Morgan fingerprint density at radius 2 is 2.04 bits per heavy atom. The molecule has 1 heterocycles. The van der Waals surface area contributed by atoms with Gasteiger partial charge < -0.3 is 9.47 Å². The van der Waals surface area contributed by atoms with E-state index in [0.29, 0.717) is 13.0 Å². The smallest absolute Gasteiger partial charge is 0.218 e. The average molecular weight is 351 g/mol. The zero-order valence-corrected chi connectivity index (χ0v) is 15.7. The van der Waals surface area contributed by atoms with Crippen molar-refractivity contribution >= 4 is 17.5 Å². The number of hydrogen-bond donors (Lipinski definition) is 0. The third kappa shape index (κ3) is 6.96. The largest absolute Gasteiger partial charge is 0.345 e. The van der Waals surface area contributed by atoms with E-state index in [1.54, 1.807) is 11.8 Å². The van der Waals surface area contributed by atoms with Crippen LogP contribution in [0.3, 0.4) is 0 Å². The summed E-state index contributed by atoms with van der Waals surface area (Å²) in [5.74, 6) is 1.01. The van der Waals surface area contributed by atoms with E-state index >= 15 is 0 Å². The van der Waals surface area contributed by atoms with Crippen LogP contribution in [-0.2, 0) is 20.0 Å². The third-order valence-corrected chi connectivity index (χ3v) is 5.55. The number of unbranched alkanes of at least 4 members (excludes halogenated alkanes) is 3. The van der Waals surface area contributed by atoms with Crippen molar-refractivity contribution in [3.8, 4) is 0 Å².